The summed E-state index contributed by atoms with van der Waals surface area (Å²) < 4.78 is 95.5. The maximum atomic E-state index is 8.43. The Balaban J connectivity index is 2.97. The van der Waals surface area contributed by atoms with E-state index in [1.165, 1.54) is 12.1 Å². The van der Waals surface area contributed by atoms with E-state index in [0.29, 0.717) is 0 Å². The highest BCUT2D eigenvalue weighted by Crippen LogP contribution is 2.25. The maximum absolute atomic E-state index is 8.43. The van der Waals surface area contributed by atoms with Gasteiger partial charge in [0.15, 0.2) is 0 Å². The van der Waals surface area contributed by atoms with Gasteiger partial charge in [-0.1, -0.05) is 6.07 Å². The number of anilines is 2. The van der Waals surface area contributed by atoms with Gasteiger partial charge in [-0.3, -0.25) is 0 Å². The lowest BCUT2D eigenvalue weighted by Crippen LogP contribution is -2.37. The zero-order chi connectivity index (χ0) is 20.6. The third-order valence-electron chi connectivity index (χ3n) is 1.76. The standard InChI is InChI=1S/C12H18N2/c1-10-5-2-3-8-14(10)12-7-4-6-11(13)9-12/h4,6-7,9-10H,2-3,5,8,13H2,1H3/i1D3,2D2,3D2,5D2,8D2,10D. The molecule has 0 spiro atoms. The molecule has 2 heteroatoms. The Morgan fingerprint density at radius 1 is 1.64 bits per heavy atom. The van der Waals surface area contributed by atoms with Crippen molar-refractivity contribution in [2.45, 2.75) is 32.0 Å². The van der Waals surface area contributed by atoms with Crippen LogP contribution in [0.15, 0.2) is 24.3 Å². The van der Waals surface area contributed by atoms with E-state index in [1.807, 2.05) is 0 Å². The molecule has 2 rings (SSSR count). The topological polar surface area (TPSA) is 29.3 Å². The Morgan fingerprint density at radius 3 is 3.36 bits per heavy atom. The van der Waals surface area contributed by atoms with Crippen LogP contribution < -0.4 is 10.6 Å². The number of benzene rings is 1. The Hall–Kier alpha value is -1.18. The lowest BCUT2D eigenvalue weighted by molar-refractivity contribution is 0.485. The molecule has 1 heterocycles. The lowest BCUT2D eigenvalue weighted by Gasteiger charge is -2.35. The minimum absolute atomic E-state index is 0.0564. The summed E-state index contributed by atoms with van der Waals surface area (Å²) in [7, 11) is 0. The van der Waals surface area contributed by atoms with Crippen molar-refractivity contribution in [3.05, 3.63) is 24.3 Å². The van der Waals surface area contributed by atoms with Gasteiger partial charge in [0, 0.05) is 39.0 Å². The molecule has 1 saturated heterocycles. The van der Waals surface area contributed by atoms with E-state index in [4.69, 9.17) is 22.2 Å². The van der Waals surface area contributed by atoms with E-state index in [2.05, 4.69) is 0 Å². The van der Waals surface area contributed by atoms with Crippen molar-refractivity contribution < 1.29 is 16.4 Å². The molecule has 1 fully saturated rings. The summed E-state index contributed by atoms with van der Waals surface area (Å²) >= 11 is 0. The summed E-state index contributed by atoms with van der Waals surface area (Å²) in [5.74, 6) is 0. The van der Waals surface area contributed by atoms with Crippen molar-refractivity contribution in [1.82, 2.24) is 0 Å². The molecular weight excluding hydrogens is 172 g/mol. The number of nitrogens with two attached hydrogens (primary N) is 1. The summed E-state index contributed by atoms with van der Waals surface area (Å²) in [5, 5.41) is 0. The third kappa shape index (κ3) is 1.84. The first-order chi connectivity index (χ1) is 11.4. The molecule has 1 aromatic carbocycles. The van der Waals surface area contributed by atoms with Gasteiger partial charge in [-0.25, -0.2) is 0 Å². The monoisotopic (exact) mass is 202 g/mol. The molecule has 1 unspecified atom stereocenters. The predicted octanol–water partition coefficient (Wildman–Crippen LogP) is 2.65. The number of nitrogens with zero attached hydrogens (tertiary/aromatic N) is 1. The second-order valence-electron chi connectivity index (χ2n) is 2.77. The molecular formula is C12H18N2. The van der Waals surface area contributed by atoms with Gasteiger partial charge in [-0.2, -0.15) is 0 Å². The number of piperidine rings is 1. The Kier molecular flexibility index (Phi) is 0.750. The summed E-state index contributed by atoms with van der Waals surface area (Å²) in [6.45, 7) is -6.91. The average molecular weight is 202 g/mol. The first kappa shape index (κ1) is 2.69. The largest absolute Gasteiger partial charge is 0.399 e. The normalized spacial score (nSPS) is 55.6. The van der Waals surface area contributed by atoms with Gasteiger partial charge in [0.05, 0.1) is 1.37 Å². The van der Waals surface area contributed by atoms with E-state index in [-0.39, 0.29) is 16.3 Å². The fourth-order valence-corrected chi connectivity index (χ4v) is 1.14. The Labute approximate surface area is 103 Å². The van der Waals surface area contributed by atoms with Crippen molar-refractivity contribution in [3.63, 3.8) is 0 Å². The van der Waals surface area contributed by atoms with Crippen molar-refractivity contribution in [2.75, 3.05) is 17.1 Å². The second-order valence-corrected chi connectivity index (χ2v) is 2.77. The van der Waals surface area contributed by atoms with Crippen LogP contribution in [0.2, 0.25) is 0 Å². The zero-order valence-corrected chi connectivity index (χ0v) is 7.33. The van der Waals surface area contributed by atoms with Crippen molar-refractivity contribution in [1.29, 1.82) is 0 Å². The van der Waals surface area contributed by atoms with Crippen LogP contribution in [0.1, 0.15) is 42.4 Å². The van der Waals surface area contributed by atoms with Crippen LogP contribution in [0.25, 0.3) is 0 Å². The van der Waals surface area contributed by atoms with Crippen molar-refractivity contribution >= 4 is 11.4 Å². The first-order valence-electron chi connectivity index (χ1n) is 10.0. The molecule has 0 aliphatic carbocycles. The van der Waals surface area contributed by atoms with Gasteiger partial charge in [0.2, 0.25) is 0 Å². The number of rotatable bonds is 1. The highest BCUT2D eigenvalue weighted by molar-refractivity contribution is 5.56. The van der Waals surface area contributed by atoms with Gasteiger partial charge < -0.3 is 10.6 Å². The fraction of sp³-hybridized carbons (Fsp3) is 0.500. The van der Waals surface area contributed by atoms with Crippen LogP contribution in [0.5, 0.6) is 0 Å². The maximum Gasteiger partial charge on any atom is 0.0527 e. The highest BCUT2D eigenvalue weighted by atomic mass is 15.2. The fourth-order valence-electron chi connectivity index (χ4n) is 1.14. The third-order valence-corrected chi connectivity index (χ3v) is 1.76. The number of hydrogen-bond acceptors (Lipinski definition) is 2. The van der Waals surface area contributed by atoms with Gasteiger partial charge in [-0.15, -0.1) is 0 Å². The molecule has 14 heavy (non-hydrogen) atoms. The van der Waals surface area contributed by atoms with E-state index >= 15 is 0 Å². The molecule has 0 radical (unpaired) electrons. The summed E-state index contributed by atoms with van der Waals surface area (Å²) in [5.41, 5.74) is 5.34. The molecule has 0 bridgehead atoms. The van der Waals surface area contributed by atoms with Gasteiger partial charge >= 0.3 is 0 Å². The smallest absolute Gasteiger partial charge is 0.0527 e. The van der Waals surface area contributed by atoms with Crippen LogP contribution in [-0.2, 0) is 0 Å². The quantitative estimate of drug-likeness (QED) is 0.709. The van der Waals surface area contributed by atoms with Crippen LogP contribution in [0.4, 0.5) is 11.4 Å². The molecule has 1 aromatic rings. The predicted molar refractivity (Wildman–Crippen MR) is 61.5 cm³/mol. The zero-order valence-electron chi connectivity index (χ0n) is 19.3. The lowest BCUT2D eigenvalue weighted by atomic mass is 10.0. The minimum Gasteiger partial charge on any atom is -0.399 e. The van der Waals surface area contributed by atoms with E-state index in [1.54, 1.807) is 0 Å². The SMILES string of the molecule is [2H]C([2H])([2H])C1([2H])N(c2cccc(N)c2)C([2H])([2H])C([2H])([2H])C([2H])([2H])C1([2H])[2H]. The van der Waals surface area contributed by atoms with E-state index in [9.17, 15) is 0 Å². The van der Waals surface area contributed by atoms with Crippen LogP contribution in [-0.4, -0.2) is 12.5 Å². The molecule has 2 nitrogen and oxygen atoms in total. The Morgan fingerprint density at radius 2 is 2.57 bits per heavy atom. The van der Waals surface area contributed by atoms with Crippen molar-refractivity contribution in [3.8, 4) is 0 Å². The molecule has 0 saturated carbocycles. The van der Waals surface area contributed by atoms with Crippen LogP contribution in [0.3, 0.4) is 0 Å². The van der Waals surface area contributed by atoms with E-state index in [0.717, 1.165) is 12.1 Å². The molecule has 1 atom stereocenters. The molecule has 2 N–H and O–H groups in total. The Bertz CT molecular complexity index is 712. The summed E-state index contributed by atoms with van der Waals surface area (Å²) in [6, 6.07) is 1.48. The molecule has 0 aromatic heterocycles. The van der Waals surface area contributed by atoms with Crippen molar-refractivity contribution in [2.24, 2.45) is 0 Å². The van der Waals surface area contributed by atoms with Gasteiger partial charge in [0.1, 0.15) is 0 Å². The molecule has 1 aliphatic heterocycles. The highest BCUT2D eigenvalue weighted by Gasteiger charge is 2.18. The number of hydrogen-bond donors (Lipinski definition) is 1. The number of nitrogen functional groups attached to an aromatic ring is 1. The van der Waals surface area contributed by atoms with Crippen LogP contribution in [0, 0.1) is 0 Å². The molecule has 1 aliphatic rings. The van der Waals surface area contributed by atoms with Gasteiger partial charge in [0.25, 0.3) is 0 Å². The first-order valence-corrected chi connectivity index (χ1v) is 4.03. The summed E-state index contributed by atoms with van der Waals surface area (Å²) in [4.78, 5) is 0.144. The minimum atomic E-state index is -3.63. The van der Waals surface area contributed by atoms with Crippen LogP contribution >= 0.6 is 0 Å². The molecule has 76 valence electrons. The summed E-state index contributed by atoms with van der Waals surface area (Å²) in [6.07, 6.45) is -10.7. The molecule has 0 amide bonds. The average Bonchev–Trinajstić information content (AvgIpc) is 2.44. The van der Waals surface area contributed by atoms with Gasteiger partial charge in [-0.05, 0) is 44.2 Å². The van der Waals surface area contributed by atoms with E-state index < -0.39 is 38.5 Å². The second kappa shape index (κ2) is 3.91.